The van der Waals surface area contributed by atoms with Crippen LogP contribution in [0.2, 0.25) is 0 Å². The highest BCUT2D eigenvalue weighted by atomic mass is 15.0. The van der Waals surface area contributed by atoms with E-state index in [4.69, 9.17) is 5.73 Å². The normalized spacial score (nSPS) is 12.7. The van der Waals surface area contributed by atoms with Crippen LogP contribution in [0.3, 0.4) is 0 Å². The molecule has 0 aliphatic rings. The van der Waals surface area contributed by atoms with E-state index in [0.29, 0.717) is 0 Å². The number of nitrogens with two attached hydrogens (primary N) is 1. The van der Waals surface area contributed by atoms with Crippen molar-refractivity contribution in [1.82, 2.24) is 4.98 Å². The van der Waals surface area contributed by atoms with Gasteiger partial charge >= 0.3 is 0 Å². The van der Waals surface area contributed by atoms with Crippen molar-refractivity contribution in [2.24, 2.45) is 5.41 Å². The Morgan fingerprint density at radius 2 is 1.80 bits per heavy atom. The van der Waals surface area contributed by atoms with Crippen molar-refractivity contribution in [3.8, 4) is 0 Å². The van der Waals surface area contributed by atoms with Crippen molar-refractivity contribution in [3.05, 3.63) is 30.5 Å². The molecule has 0 fully saturated rings. The predicted molar refractivity (Wildman–Crippen MR) is 87.9 cm³/mol. The van der Waals surface area contributed by atoms with E-state index in [2.05, 4.69) is 44.9 Å². The maximum atomic E-state index is 6.29. The van der Waals surface area contributed by atoms with Crippen molar-refractivity contribution in [2.45, 2.75) is 46.6 Å². The fourth-order valence-corrected chi connectivity index (χ4v) is 3.02. The predicted octanol–water partition coefficient (Wildman–Crippen LogP) is 4.44. The van der Waals surface area contributed by atoms with Crippen molar-refractivity contribution >= 4 is 22.3 Å². The van der Waals surface area contributed by atoms with Gasteiger partial charge in [0.2, 0.25) is 0 Å². The zero-order chi connectivity index (χ0) is 15.0. The van der Waals surface area contributed by atoms with Gasteiger partial charge in [-0.2, -0.15) is 0 Å². The van der Waals surface area contributed by atoms with Gasteiger partial charge in [-0.15, -0.1) is 0 Å². The molecule has 0 aliphatic carbocycles. The van der Waals surface area contributed by atoms with E-state index in [0.717, 1.165) is 28.7 Å². The number of hydrogen-bond donors (Lipinski definition) is 2. The van der Waals surface area contributed by atoms with Gasteiger partial charge in [-0.3, -0.25) is 4.98 Å². The fourth-order valence-electron chi connectivity index (χ4n) is 3.02. The molecule has 1 heterocycles. The standard InChI is InChI=1S/C17H25N3/c1-16(2,3)11-17(4,5)20-14-9-8-13-12(15(14)18)7-6-10-19-13/h6-10,20H,11,18H2,1-5H3. The zero-order valence-corrected chi connectivity index (χ0v) is 13.1. The number of nitrogen functional groups attached to an aromatic ring is 1. The highest BCUT2D eigenvalue weighted by Crippen LogP contribution is 2.33. The molecule has 20 heavy (non-hydrogen) atoms. The SMILES string of the molecule is CC(C)(C)CC(C)(C)Nc1ccc2ncccc2c1N. The number of fused-ring (bicyclic) bond motifs is 1. The van der Waals surface area contributed by atoms with Crippen LogP contribution in [-0.4, -0.2) is 10.5 Å². The summed E-state index contributed by atoms with van der Waals surface area (Å²) in [7, 11) is 0. The van der Waals surface area contributed by atoms with Crippen LogP contribution in [-0.2, 0) is 0 Å². The van der Waals surface area contributed by atoms with Gasteiger partial charge in [0.1, 0.15) is 0 Å². The number of aromatic nitrogens is 1. The monoisotopic (exact) mass is 271 g/mol. The van der Waals surface area contributed by atoms with Gasteiger partial charge in [0.25, 0.3) is 0 Å². The van der Waals surface area contributed by atoms with Crippen LogP contribution in [0.15, 0.2) is 30.5 Å². The van der Waals surface area contributed by atoms with Crippen LogP contribution >= 0.6 is 0 Å². The fraction of sp³-hybridized carbons (Fsp3) is 0.471. The molecule has 0 bridgehead atoms. The van der Waals surface area contributed by atoms with Crippen LogP contribution < -0.4 is 11.1 Å². The van der Waals surface area contributed by atoms with Crippen LogP contribution in [0.25, 0.3) is 10.9 Å². The maximum Gasteiger partial charge on any atom is 0.0724 e. The Hall–Kier alpha value is -1.77. The minimum atomic E-state index is -0.0117. The first-order valence-electron chi connectivity index (χ1n) is 7.09. The number of pyridine rings is 1. The Bertz CT molecular complexity index is 609. The second kappa shape index (κ2) is 4.97. The van der Waals surface area contributed by atoms with Crippen molar-refractivity contribution in [3.63, 3.8) is 0 Å². The molecule has 0 radical (unpaired) electrons. The van der Waals surface area contributed by atoms with Gasteiger partial charge in [0, 0.05) is 17.1 Å². The molecule has 1 aromatic carbocycles. The van der Waals surface area contributed by atoms with Crippen LogP contribution in [0.1, 0.15) is 41.0 Å². The third-order valence-corrected chi connectivity index (χ3v) is 3.27. The first-order chi connectivity index (χ1) is 9.18. The van der Waals surface area contributed by atoms with E-state index in [1.54, 1.807) is 6.20 Å². The number of nitrogens with zero attached hydrogens (tertiary/aromatic N) is 1. The topological polar surface area (TPSA) is 50.9 Å². The summed E-state index contributed by atoms with van der Waals surface area (Å²) in [5.41, 5.74) is 9.24. The molecular weight excluding hydrogens is 246 g/mol. The molecule has 108 valence electrons. The van der Waals surface area contributed by atoms with Crippen molar-refractivity contribution < 1.29 is 0 Å². The molecule has 0 saturated carbocycles. The van der Waals surface area contributed by atoms with Crippen molar-refractivity contribution in [2.75, 3.05) is 11.1 Å². The van der Waals surface area contributed by atoms with E-state index in [-0.39, 0.29) is 11.0 Å². The van der Waals surface area contributed by atoms with Gasteiger partial charge in [-0.05, 0) is 49.9 Å². The van der Waals surface area contributed by atoms with E-state index in [1.165, 1.54) is 0 Å². The highest BCUT2D eigenvalue weighted by molar-refractivity contribution is 5.96. The summed E-state index contributed by atoms with van der Waals surface area (Å²) < 4.78 is 0. The Morgan fingerprint density at radius 3 is 2.45 bits per heavy atom. The second-order valence-electron chi connectivity index (χ2n) is 7.34. The van der Waals surface area contributed by atoms with Crippen LogP contribution in [0, 0.1) is 5.41 Å². The molecule has 0 spiro atoms. The first-order valence-corrected chi connectivity index (χ1v) is 7.09. The quantitative estimate of drug-likeness (QED) is 0.811. The third kappa shape index (κ3) is 3.41. The average Bonchev–Trinajstić information content (AvgIpc) is 2.30. The number of rotatable bonds is 3. The molecule has 1 aromatic heterocycles. The first kappa shape index (κ1) is 14.6. The lowest BCUT2D eigenvalue weighted by molar-refractivity contribution is 0.302. The molecule has 0 atom stereocenters. The van der Waals surface area contributed by atoms with E-state index >= 15 is 0 Å². The minimum absolute atomic E-state index is 0.0117. The van der Waals surface area contributed by atoms with Gasteiger partial charge in [0.15, 0.2) is 0 Å². The van der Waals surface area contributed by atoms with Gasteiger partial charge < -0.3 is 11.1 Å². The smallest absolute Gasteiger partial charge is 0.0724 e. The summed E-state index contributed by atoms with van der Waals surface area (Å²) in [6.45, 7) is 11.2. The Kier molecular flexibility index (Phi) is 3.63. The zero-order valence-electron chi connectivity index (χ0n) is 13.1. The third-order valence-electron chi connectivity index (χ3n) is 3.27. The maximum absolute atomic E-state index is 6.29. The number of anilines is 2. The lowest BCUT2D eigenvalue weighted by Gasteiger charge is -2.34. The molecule has 2 rings (SSSR count). The summed E-state index contributed by atoms with van der Waals surface area (Å²) in [4.78, 5) is 4.33. The molecule has 0 amide bonds. The van der Waals surface area contributed by atoms with Crippen molar-refractivity contribution in [1.29, 1.82) is 0 Å². The van der Waals surface area contributed by atoms with Gasteiger partial charge in [-0.25, -0.2) is 0 Å². The van der Waals surface area contributed by atoms with Gasteiger partial charge in [-0.1, -0.05) is 20.8 Å². The number of nitrogens with one attached hydrogen (secondary N) is 1. The van der Waals surface area contributed by atoms with Gasteiger partial charge in [0.05, 0.1) is 16.9 Å². The molecule has 3 N–H and O–H groups in total. The molecule has 3 nitrogen and oxygen atoms in total. The lowest BCUT2D eigenvalue weighted by Crippen LogP contribution is -2.35. The van der Waals surface area contributed by atoms with Crippen LogP contribution in [0.5, 0.6) is 0 Å². The number of benzene rings is 1. The van der Waals surface area contributed by atoms with Crippen LogP contribution in [0.4, 0.5) is 11.4 Å². The second-order valence-corrected chi connectivity index (χ2v) is 7.34. The summed E-state index contributed by atoms with van der Waals surface area (Å²) in [6.07, 6.45) is 2.85. The molecular formula is C17H25N3. The summed E-state index contributed by atoms with van der Waals surface area (Å²) in [6, 6.07) is 7.97. The highest BCUT2D eigenvalue weighted by Gasteiger charge is 2.25. The summed E-state index contributed by atoms with van der Waals surface area (Å²) in [5.74, 6) is 0. The Morgan fingerprint density at radius 1 is 1.10 bits per heavy atom. The molecule has 0 saturated heterocycles. The summed E-state index contributed by atoms with van der Waals surface area (Å²) >= 11 is 0. The largest absolute Gasteiger partial charge is 0.397 e. The molecule has 2 aromatic rings. The lowest BCUT2D eigenvalue weighted by atomic mass is 9.81. The molecule has 0 unspecified atom stereocenters. The molecule has 0 aliphatic heterocycles. The van der Waals surface area contributed by atoms with E-state index in [1.807, 2.05) is 24.3 Å². The minimum Gasteiger partial charge on any atom is -0.397 e. The Labute approximate surface area is 121 Å². The van der Waals surface area contributed by atoms with E-state index < -0.39 is 0 Å². The average molecular weight is 271 g/mol. The van der Waals surface area contributed by atoms with E-state index in [9.17, 15) is 0 Å². The Balaban J connectivity index is 2.32. The molecule has 3 heteroatoms. The number of hydrogen-bond acceptors (Lipinski definition) is 3. The summed E-state index contributed by atoms with van der Waals surface area (Å²) in [5, 5.41) is 4.59.